The molecular weight excluding hydrogens is 422 g/mol. The molecule has 0 bridgehead atoms. The molecular formula is C24H35N5O4. The monoisotopic (exact) mass is 457 g/mol. The minimum atomic E-state index is -0.677. The van der Waals surface area contributed by atoms with E-state index in [0.29, 0.717) is 6.04 Å². The lowest BCUT2D eigenvalue weighted by molar-refractivity contribution is -0.120. The number of nitrogen functional groups attached to an aromatic ring is 1. The van der Waals surface area contributed by atoms with Gasteiger partial charge >= 0.3 is 5.69 Å². The number of nitrogens with two attached hydrogens (primary N) is 1. The van der Waals surface area contributed by atoms with Crippen LogP contribution in [-0.4, -0.2) is 60.3 Å². The number of rotatable bonds is 9. The van der Waals surface area contributed by atoms with Gasteiger partial charge in [0.05, 0.1) is 19.7 Å². The fourth-order valence-corrected chi connectivity index (χ4v) is 4.43. The molecule has 1 aliphatic carbocycles. The number of hydrogen-bond acceptors (Lipinski definition) is 6. The molecule has 1 aromatic carbocycles. The Bertz CT molecular complexity index is 1030. The molecule has 3 N–H and O–H groups in total. The number of aromatic amines is 1. The van der Waals surface area contributed by atoms with Crippen LogP contribution >= 0.6 is 0 Å². The van der Waals surface area contributed by atoms with Crippen LogP contribution in [0.25, 0.3) is 0 Å². The summed E-state index contributed by atoms with van der Waals surface area (Å²) in [5.74, 6) is -0.282. The Kier molecular flexibility index (Phi) is 8.85. The van der Waals surface area contributed by atoms with Crippen molar-refractivity contribution in [3.8, 4) is 0 Å². The second-order valence-corrected chi connectivity index (χ2v) is 8.66. The summed E-state index contributed by atoms with van der Waals surface area (Å²) in [7, 11) is 3.48. The molecule has 1 aromatic heterocycles. The van der Waals surface area contributed by atoms with E-state index in [9.17, 15) is 14.4 Å². The number of carbonyl (C=O) groups is 1. The first kappa shape index (κ1) is 24.7. The molecule has 0 radical (unpaired) electrons. The number of carbonyl (C=O) groups excluding carboxylic acids is 1. The highest BCUT2D eigenvalue weighted by atomic mass is 16.5. The molecule has 33 heavy (non-hydrogen) atoms. The van der Waals surface area contributed by atoms with Gasteiger partial charge in [-0.15, -0.1) is 0 Å². The van der Waals surface area contributed by atoms with Crippen molar-refractivity contribution in [2.45, 2.75) is 51.1 Å². The number of anilines is 2. The van der Waals surface area contributed by atoms with Crippen LogP contribution in [0.4, 0.5) is 11.5 Å². The van der Waals surface area contributed by atoms with Gasteiger partial charge in [-0.2, -0.15) is 0 Å². The fourth-order valence-electron chi connectivity index (χ4n) is 4.43. The number of hydrogen-bond donors (Lipinski definition) is 2. The lowest BCUT2D eigenvalue weighted by atomic mass is 10.1. The summed E-state index contributed by atoms with van der Waals surface area (Å²) >= 11 is 0. The van der Waals surface area contributed by atoms with E-state index in [1.165, 1.54) is 29.4 Å². The molecule has 9 heteroatoms. The van der Waals surface area contributed by atoms with Crippen molar-refractivity contribution in [2.75, 3.05) is 44.5 Å². The van der Waals surface area contributed by atoms with E-state index >= 15 is 0 Å². The fraction of sp³-hybridized carbons (Fsp3) is 0.542. The maximum absolute atomic E-state index is 13.4. The SMILES string of the molecule is COCCN(C(=O)CN(C)C1CCCCCC1)c1c(N)n(Cc2ccccc2)c(=O)[nH]c1=O. The number of nitrogens with one attached hydrogen (secondary N) is 1. The first-order valence-electron chi connectivity index (χ1n) is 11.6. The number of methoxy groups -OCH3 is 1. The summed E-state index contributed by atoms with van der Waals surface area (Å²) in [6.45, 7) is 0.731. The van der Waals surface area contributed by atoms with Crippen LogP contribution in [-0.2, 0) is 16.1 Å². The Morgan fingerprint density at radius 1 is 1.15 bits per heavy atom. The lowest BCUT2D eigenvalue weighted by Crippen LogP contribution is -2.47. The van der Waals surface area contributed by atoms with E-state index in [-0.39, 0.29) is 43.7 Å². The minimum absolute atomic E-state index is 0.0122. The standard InChI is InChI=1S/C24H35N5O4/c1-27(19-12-8-3-4-9-13-19)17-20(30)28(14-15-33-2)21-22(25)29(24(32)26-23(21)31)16-18-10-6-5-7-11-18/h5-7,10-11,19H,3-4,8-9,12-17,25H2,1-2H3,(H,26,31,32). The van der Waals surface area contributed by atoms with Crippen LogP contribution in [0.3, 0.4) is 0 Å². The smallest absolute Gasteiger partial charge is 0.330 e. The summed E-state index contributed by atoms with van der Waals surface area (Å²) < 4.78 is 6.47. The zero-order chi connectivity index (χ0) is 23.8. The van der Waals surface area contributed by atoms with E-state index in [0.717, 1.165) is 31.2 Å². The van der Waals surface area contributed by atoms with E-state index in [2.05, 4.69) is 9.88 Å². The number of H-pyrrole nitrogens is 1. The van der Waals surface area contributed by atoms with Gasteiger partial charge in [-0.3, -0.25) is 24.0 Å². The molecule has 2 aromatic rings. The Balaban J connectivity index is 1.90. The van der Waals surface area contributed by atoms with Crippen molar-refractivity contribution in [3.63, 3.8) is 0 Å². The van der Waals surface area contributed by atoms with Gasteiger partial charge in [-0.25, -0.2) is 4.79 Å². The molecule has 1 amide bonds. The second kappa shape index (κ2) is 11.8. The van der Waals surface area contributed by atoms with E-state index in [1.807, 2.05) is 37.4 Å². The van der Waals surface area contributed by atoms with Crippen LogP contribution < -0.4 is 21.9 Å². The summed E-state index contributed by atoms with van der Waals surface area (Å²) in [5, 5.41) is 0. The predicted molar refractivity (Wildman–Crippen MR) is 130 cm³/mol. The number of benzene rings is 1. The molecule has 0 unspecified atom stereocenters. The summed E-state index contributed by atoms with van der Waals surface area (Å²) in [6.07, 6.45) is 6.90. The van der Waals surface area contributed by atoms with Crippen LogP contribution in [0.1, 0.15) is 44.1 Å². The van der Waals surface area contributed by atoms with Gasteiger partial charge in [0.25, 0.3) is 5.56 Å². The molecule has 0 aliphatic heterocycles. The molecule has 1 heterocycles. The van der Waals surface area contributed by atoms with Crippen LogP contribution in [0.5, 0.6) is 0 Å². The number of ether oxygens (including phenoxy) is 1. The van der Waals surface area contributed by atoms with E-state index in [4.69, 9.17) is 10.5 Å². The average Bonchev–Trinajstić information content (AvgIpc) is 3.09. The largest absolute Gasteiger partial charge is 0.383 e. The van der Waals surface area contributed by atoms with Crippen LogP contribution in [0.2, 0.25) is 0 Å². The Labute approximate surface area is 194 Å². The normalized spacial score (nSPS) is 14.9. The zero-order valence-corrected chi connectivity index (χ0v) is 19.6. The molecule has 3 rings (SSSR count). The zero-order valence-electron chi connectivity index (χ0n) is 19.6. The van der Waals surface area contributed by atoms with Gasteiger partial charge in [-0.05, 0) is 25.5 Å². The van der Waals surface area contributed by atoms with Crippen molar-refractivity contribution in [1.29, 1.82) is 0 Å². The third-order valence-electron chi connectivity index (χ3n) is 6.32. The lowest BCUT2D eigenvalue weighted by Gasteiger charge is -2.30. The maximum atomic E-state index is 13.4. The molecule has 180 valence electrons. The van der Waals surface area contributed by atoms with Gasteiger partial charge in [0.1, 0.15) is 5.82 Å². The van der Waals surface area contributed by atoms with E-state index in [1.54, 1.807) is 0 Å². The van der Waals surface area contributed by atoms with Crippen molar-refractivity contribution in [3.05, 3.63) is 56.7 Å². The third-order valence-corrected chi connectivity index (χ3v) is 6.32. The number of nitrogens with zero attached hydrogens (tertiary/aromatic N) is 3. The quantitative estimate of drug-likeness (QED) is 0.555. The second-order valence-electron chi connectivity index (χ2n) is 8.66. The van der Waals surface area contributed by atoms with Crippen molar-refractivity contribution in [2.24, 2.45) is 0 Å². The van der Waals surface area contributed by atoms with Crippen LogP contribution in [0.15, 0.2) is 39.9 Å². The summed E-state index contributed by atoms with van der Waals surface area (Å²) in [5.41, 5.74) is 5.89. The van der Waals surface area contributed by atoms with Crippen molar-refractivity contribution >= 4 is 17.4 Å². The number of aromatic nitrogens is 2. The Morgan fingerprint density at radius 3 is 2.45 bits per heavy atom. The molecule has 0 saturated heterocycles. The van der Waals surface area contributed by atoms with Crippen LogP contribution in [0, 0.1) is 0 Å². The van der Waals surface area contributed by atoms with E-state index < -0.39 is 11.2 Å². The molecule has 0 atom stereocenters. The van der Waals surface area contributed by atoms with Crippen molar-refractivity contribution < 1.29 is 9.53 Å². The van der Waals surface area contributed by atoms with Gasteiger partial charge in [-0.1, -0.05) is 56.0 Å². The van der Waals surface area contributed by atoms with Gasteiger partial charge in [0.2, 0.25) is 5.91 Å². The maximum Gasteiger partial charge on any atom is 0.330 e. The topological polar surface area (TPSA) is 114 Å². The predicted octanol–water partition coefficient (Wildman–Crippen LogP) is 1.80. The third kappa shape index (κ3) is 6.33. The van der Waals surface area contributed by atoms with Crippen molar-refractivity contribution in [1.82, 2.24) is 14.5 Å². The first-order chi connectivity index (χ1) is 15.9. The van der Waals surface area contributed by atoms with Gasteiger partial charge in [0.15, 0.2) is 5.69 Å². The highest BCUT2D eigenvalue weighted by molar-refractivity contribution is 5.96. The molecule has 9 nitrogen and oxygen atoms in total. The van der Waals surface area contributed by atoms with Gasteiger partial charge in [0, 0.05) is 19.7 Å². The van der Waals surface area contributed by atoms with Gasteiger partial charge < -0.3 is 15.4 Å². The highest BCUT2D eigenvalue weighted by Gasteiger charge is 2.27. The molecule has 1 saturated carbocycles. The summed E-state index contributed by atoms with van der Waals surface area (Å²) in [6, 6.07) is 9.67. The molecule has 0 spiro atoms. The summed E-state index contributed by atoms with van der Waals surface area (Å²) in [4.78, 5) is 44.5. The highest BCUT2D eigenvalue weighted by Crippen LogP contribution is 2.22. The molecule has 1 aliphatic rings. The molecule has 1 fully saturated rings. The number of likely N-dealkylation sites (N-methyl/N-ethyl adjacent to an activating group) is 1. The Hall–Kier alpha value is -2.91. The average molecular weight is 458 g/mol. The number of amides is 1. The first-order valence-corrected chi connectivity index (χ1v) is 11.6. The Morgan fingerprint density at radius 2 is 1.82 bits per heavy atom. The minimum Gasteiger partial charge on any atom is -0.383 e.